The molecule has 1 aromatic heterocycles. The number of aromatic amines is 1. The Morgan fingerprint density at radius 2 is 1.75 bits per heavy atom. The molecule has 0 atom stereocenters. The van der Waals surface area contributed by atoms with Gasteiger partial charge in [-0.05, 0) is 42.3 Å². The van der Waals surface area contributed by atoms with Gasteiger partial charge in [-0.2, -0.15) is 0 Å². The Hall–Kier alpha value is -3.81. The fourth-order valence-electron chi connectivity index (χ4n) is 3.06. The van der Waals surface area contributed by atoms with E-state index in [-0.39, 0.29) is 29.8 Å². The molecule has 8 heteroatoms. The molecule has 8 nitrogen and oxygen atoms in total. The van der Waals surface area contributed by atoms with E-state index in [9.17, 15) is 24.6 Å². The van der Waals surface area contributed by atoms with Crippen molar-refractivity contribution in [2.45, 2.75) is 6.42 Å². The second kappa shape index (κ2) is 7.83. The molecule has 0 aliphatic carbocycles. The van der Waals surface area contributed by atoms with Crippen LogP contribution in [0, 0.1) is 0 Å². The molecule has 0 fully saturated rings. The summed E-state index contributed by atoms with van der Waals surface area (Å²) in [6, 6.07) is 11.1. The van der Waals surface area contributed by atoms with Gasteiger partial charge in [0.1, 0.15) is 11.4 Å². The standard InChI is InChI=1S/C20H18N2O6/c1-28-11-6-7-16-15(10-11)12(17(22-16)20(26)27)8-9-21-18(23)13-4-2-3-5-14(13)19(24)25/h2-7,10,22H,8-9H2,1H3,(H,21,23)(H,24,25)(H,26,27). The predicted molar refractivity (Wildman–Crippen MR) is 101 cm³/mol. The van der Waals surface area contributed by atoms with Crippen LogP contribution in [0.5, 0.6) is 5.75 Å². The lowest BCUT2D eigenvalue weighted by molar-refractivity contribution is 0.0680. The summed E-state index contributed by atoms with van der Waals surface area (Å²) in [7, 11) is 1.52. The number of ether oxygens (including phenoxy) is 1. The van der Waals surface area contributed by atoms with Gasteiger partial charge in [0.05, 0.1) is 18.2 Å². The molecule has 1 heterocycles. The maximum Gasteiger partial charge on any atom is 0.352 e. The molecule has 1 amide bonds. The third-order valence-electron chi connectivity index (χ3n) is 4.39. The number of carbonyl (C=O) groups is 3. The second-order valence-corrected chi connectivity index (χ2v) is 6.05. The van der Waals surface area contributed by atoms with E-state index in [1.807, 2.05) is 0 Å². The number of aromatic carboxylic acids is 2. The molecule has 0 bridgehead atoms. The van der Waals surface area contributed by atoms with Crippen LogP contribution in [0.25, 0.3) is 10.9 Å². The largest absolute Gasteiger partial charge is 0.497 e. The molecule has 0 saturated carbocycles. The van der Waals surface area contributed by atoms with Crippen molar-refractivity contribution in [1.29, 1.82) is 0 Å². The zero-order valence-electron chi connectivity index (χ0n) is 15.0. The highest BCUT2D eigenvalue weighted by atomic mass is 16.5. The minimum absolute atomic E-state index is 0.0449. The molecule has 3 rings (SSSR count). The maximum atomic E-state index is 12.4. The lowest BCUT2D eigenvalue weighted by Crippen LogP contribution is -2.27. The summed E-state index contributed by atoms with van der Waals surface area (Å²) in [6.07, 6.45) is 0.246. The monoisotopic (exact) mass is 382 g/mol. The van der Waals surface area contributed by atoms with Crippen LogP contribution in [-0.4, -0.2) is 46.7 Å². The molecule has 2 aromatic carbocycles. The third kappa shape index (κ3) is 3.66. The number of hydrogen-bond acceptors (Lipinski definition) is 4. The lowest BCUT2D eigenvalue weighted by atomic mass is 10.1. The van der Waals surface area contributed by atoms with Gasteiger partial charge in [0.25, 0.3) is 5.91 Å². The fourth-order valence-corrected chi connectivity index (χ4v) is 3.06. The Labute approximate surface area is 159 Å². The molecule has 28 heavy (non-hydrogen) atoms. The number of nitrogens with one attached hydrogen (secondary N) is 2. The highest BCUT2D eigenvalue weighted by Crippen LogP contribution is 2.27. The van der Waals surface area contributed by atoms with Crippen molar-refractivity contribution in [3.05, 3.63) is 64.8 Å². The van der Waals surface area contributed by atoms with Crippen molar-refractivity contribution >= 4 is 28.7 Å². The van der Waals surface area contributed by atoms with Gasteiger partial charge >= 0.3 is 11.9 Å². The average Bonchev–Trinajstić information content (AvgIpc) is 3.06. The molecule has 3 aromatic rings. The molecule has 0 radical (unpaired) electrons. The highest BCUT2D eigenvalue weighted by molar-refractivity contribution is 6.04. The number of hydrogen-bond donors (Lipinski definition) is 4. The number of benzene rings is 2. The van der Waals surface area contributed by atoms with E-state index in [2.05, 4.69) is 10.3 Å². The van der Waals surface area contributed by atoms with Crippen LogP contribution in [-0.2, 0) is 6.42 Å². The Morgan fingerprint density at radius 1 is 1.04 bits per heavy atom. The molecular formula is C20H18N2O6. The molecule has 0 aliphatic heterocycles. The average molecular weight is 382 g/mol. The first-order valence-corrected chi connectivity index (χ1v) is 8.44. The Kier molecular flexibility index (Phi) is 5.30. The number of H-pyrrole nitrogens is 1. The van der Waals surface area contributed by atoms with Crippen LogP contribution in [0.15, 0.2) is 42.5 Å². The lowest BCUT2D eigenvalue weighted by Gasteiger charge is -2.08. The van der Waals surface area contributed by atoms with Gasteiger partial charge in [-0.25, -0.2) is 9.59 Å². The van der Waals surface area contributed by atoms with E-state index in [1.165, 1.54) is 19.2 Å². The van der Waals surface area contributed by atoms with Crippen molar-refractivity contribution in [3.63, 3.8) is 0 Å². The zero-order valence-corrected chi connectivity index (χ0v) is 15.0. The Bertz CT molecular complexity index is 1070. The number of amides is 1. The zero-order chi connectivity index (χ0) is 20.3. The van der Waals surface area contributed by atoms with Crippen molar-refractivity contribution in [1.82, 2.24) is 10.3 Å². The molecule has 0 aliphatic rings. The first-order chi connectivity index (χ1) is 13.4. The number of fused-ring (bicyclic) bond motifs is 1. The molecule has 0 saturated heterocycles. The van der Waals surface area contributed by atoms with Crippen LogP contribution in [0.4, 0.5) is 0 Å². The minimum Gasteiger partial charge on any atom is -0.497 e. The number of rotatable bonds is 7. The third-order valence-corrected chi connectivity index (χ3v) is 4.39. The summed E-state index contributed by atoms with van der Waals surface area (Å²) in [4.78, 5) is 38.0. The fraction of sp³-hybridized carbons (Fsp3) is 0.150. The number of aromatic nitrogens is 1. The van der Waals surface area contributed by atoms with Gasteiger partial charge in [0, 0.05) is 17.4 Å². The van der Waals surface area contributed by atoms with Crippen molar-refractivity contribution in [3.8, 4) is 5.75 Å². The van der Waals surface area contributed by atoms with Gasteiger partial charge in [-0.3, -0.25) is 4.79 Å². The van der Waals surface area contributed by atoms with Gasteiger partial charge < -0.3 is 25.3 Å². The Balaban J connectivity index is 1.82. The molecule has 0 spiro atoms. The van der Waals surface area contributed by atoms with Crippen LogP contribution >= 0.6 is 0 Å². The van der Waals surface area contributed by atoms with Gasteiger partial charge in [-0.1, -0.05) is 12.1 Å². The van der Waals surface area contributed by atoms with Crippen molar-refractivity contribution in [2.24, 2.45) is 0 Å². The van der Waals surface area contributed by atoms with E-state index in [0.717, 1.165) is 0 Å². The number of methoxy groups -OCH3 is 1. The topological polar surface area (TPSA) is 129 Å². The summed E-state index contributed by atoms with van der Waals surface area (Å²) in [6.45, 7) is 0.136. The highest BCUT2D eigenvalue weighted by Gasteiger charge is 2.19. The van der Waals surface area contributed by atoms with Gasteiger partial charge in [0.2, 0.25) is 0 Å². The van der Waals surface area contributed by atoms with Crippen LogP contribution < -0.4 is 10.1 Å². The van der Waals surface area contributed by atoms with Gasteiger partial charge in [-0.15, -0.1) is 0 Å². The number of carbonyl (C=O) groups excluding carboxylic acids is 1. The van der Waals surface area contributed by atoms with E-state index in [0.29, 0.717) is 22.2 Å². The van der Waals surface area contributed by atoms with Crippen LogP contribution in [0.2, 0.25) is 0 Å². The summed E-state index contributed by atoms with van der Waals surface area (Å²) in [5, 5.41) is 22.0. The summed E-state index contributed by atoms with van der Waals surface area (Å²) in [5.74, 6) is -2.24. The van der Waals surface area contributed by atoms with E-state index >= 15 is 0 Å². The SMILES string of the molecule is COc1ccc2[nH]c(C(=O)O)c(CCNC(=O)c3ccccc3C(=O)O)c2c1. The minimum atomic E-state index is -1.19. The first-order valence-electron chi connectivity index (χ1n) is 8.44. The van der Waals surface area contributed by atoms with Crippen LogP contribution in [0.1, 0.15) is 36.8 Å². The van der Waals surface area contributed by atoms with Crippen molar-refractivity contribution < 1.29 is 29.3 Å². The smallest absolute Gasteiger partial charge is 0.352 e. The quantitative estimate of drug-likeness (QED) is 0.497. The van der Waals surface area contributed by atoms with E-state index < -0.39 is 17.8 Å². The van der Waals surface area contributed by atoms with E-state index in [4.69, 9.17) is 4.74 Å². The molecular weight excluding hydrogens is 364 g/mol. The van der Waals surface area contributed by atoms with Gasteiger partial charge in [0.15, 0.2) is 0 Å². The summed E-state index contributed by atoms with van der Waals surface area (Å²) >= 11 is 0. The summed E-state index contributed by atoms with van der Waals surface area (Å²) in [5.41, 5.74) is 1.18. The van der Waals surface area contributed by atoms with Crippen molar-refractivity contribution in [2.75, 3.05) is 13.7 Å². The van der Waals surface area contributed by atoms with E-state index in [1.54, 1.807) is 30.3 Å². The second-order valence-electron chi connectivity index (χ2n) is 6.05. The van der Waals surface area contributed by atoms with Crippen LogP contribution in [0.3, 0.4) is 0 Å². The predicted octanol–water partition coefficient (Wildman–Crippen LogP) is 2.55. The number of carboxylic acid groups (broad SMARTS) is 2. The summed E-state index contributed by atoms with van der Waals surface area (Å²) < 4.78 is 5.20. The normalized spacial score (nSPS) is 10.6. The Morgan fingerprint density at radius 3 is 2.39 bits per heavy atom. The molecule has 144 valence electrons. The maximum absolute atomic E-state index is 12.4. The molecule has 4 N–H and O–H groups in total. The number of carboxylic acids is 2. The molecule has 0 unspecified atom stereocenters. The first kappa shape index (κ1) is 19.0.